The predicted octanol–water partition coefficient (Wildman–Crippen LogP) is 1.31. The first-order valence-corrected chi connectivity index (χ1v) is 8.29. The first-order chi connectivity index (χ1) is 12.2. The number of nitrogens with one attached hydrogen (secondary N) is 1. The number of para-hydroxylation sites is 1. The normalized spacial score (nSPS) is 12.0. The Hall–Kier alpha value is -2.41. The van der Waals surface area contributed by atoms with Crippen LogP contribution in [0.3, 0.4) is 0 Å². The lowest BCUT2D eigenvalue weighted by atomic mass is 10.2. The fourth-order valence-electron chi connectivity index (χ4n) is 2.47. The van der Waals surface area contributed by atoms with E-state index in [0.717, 1.165) is 11.3 Å². The predicted molar refractivity (Wildman–Crippen MR) is 96.6 cm³/mol. The van der Waals surface area contributed by atoms with E-state index in [1.54, 1.807) is 0 Å². The molecule has 1 unspecified atom stereocenters. The average molecular weight is 343 g/mol. The van der Waals surface area contributed by atoms with E-state index in [0.29, 0.717) is 19.6 Å². The highest BCUT2D eigenvalue weighted by Gasteiger charge is 2.14. The molecule has 0 aliphatic carbocycles. The Bertz CT molecular complexity index is 622. The number of amides is 1. The molecule has 0 aliphatic heterocycles. The molecule has 4 N–H and O–H groups in total. The Kier molecular flexibility index (Phi) is 7.91. The third-order valence-electron chi connectivity index (χ3n) is 3.72. The van der Waals surface area contributed by atoms with Gasteiger partial charge in [-0.3, -0.25) is 15.1 Å². The molecule has 2 aromatic carbocycles. The number of carbonyl (C=O) groups excluding carboxylic acids is 1. The SMILES string of the molecule is NNC(=O)CCN(Cc1ccccc1)CC(O)COc1ccccc1. The maximum absolute atomic E-state index is 11.4. The van der Waals surface area contributed by atoms with Crippen LogP contribution in [0.25, 0.3) is 0 Å². The number of ether oxygens (including phenoxy) is 1. The van der Waals surface area contributed by atoms with Gasteiger partial charge in [-0.15, -0.1) is 0 Å². The lowest BCUT2D eigenvalue weighted by molar-refractivity contribution is -0.121. The number of benzene rings is 2. The number of hydrogen-bond donors (Lipinski definition) is 3. The van der Waals surface area contributed by atoms with Crippen LogP contribution in [0.1, 0.15) is 12.0 Å². The lowest BCUT2D eigenvalue weighted by Crippen LogP contribution is -2.38. The molecule has 1 amide bonds. The van der Waals surface area contributed by atoms with Crippen molar-refractivity contribution in [2.45, 2.75) is 19.1 Å². The van der Waals surface area contributed by atoms with E-state index < -0.39 is 6.10 Å². The molecule has 0 spiro atoms. The van der Waals surface area contributed by atoms with Gasteiger partial charge in [0.1, 0.15) is 18.5 Å². The van der Waals surface area contributed by atoms with Crippen molar-refractivity contribution in [2.75, 3.05) is 19.7 Å². The van der Waals surface area contributed by atoms with Crippen LogP contribution in [0.5, 0.6) is 5.75 Å². The van der Waals surface area contributed by atoms with Gasteiger partial charge in [0, 0.05) is 26.1 Å². The molecule has 134 valence electrons. The third-order valence-corrected chi connectivity index (χ3v) is 3.72. The van der Waals surface area contributed by atoms with Crippen molar-refractivity contribution in [3.8, 4) is 5.75 Å². The zero-order valence-corrected chi connectivity index (χ0v) is 14.2. The van der Waals surface area contributed by atoms with E-state index in [-0.39, 0.29) is 18.9 Å². The average Bonchev–Trinajstić information content (AvgIpc) is 2.66. The fraction of sp³-hybridized carbons (Fsp3) is 0.316. The molecule has 1 atom stereocenters. The van der Waals surface area contributed by atoms with E-state index in [9.17, 15) is 9.90 Å². The standard InChI is InChI=1S/C19H25N3O3/c20-21-19(24)11-12-22(13-16-7-3-1-4-8-16)14-17(23)15-25-18-9-5-2-6-10-18/h1-10,17,23H,11-15,20H2,(H,21,24). The number of nitrogens with zero attached hydrogens (tertiary/aromatic N) is 1. The van der Waals surface area contributed by atoms with Gasteiger partial charge >= 0.3 is 0 Å². The van der Waals surface area contributed by atoms with Gasteiger partial charge in [0.25, 0.3) is 0 Å². The van der Waals surface area contributed by atoms with Gasteiger partial charge in [0.15, 0.2) is 0 Å². The lowest BCUT2D eigenvalue weighted by Gasteiger charge is -2.25. The number of hydrazine groups is 1. The Balaban J connectivity index is 1.88. The van der Waals surface area contributed by atoms with Crippen LogP contribution >= 0.6 is 0 Å². The molecule has 6 heteroatoms. The van der Waals surface area contributed by atoms with Gasteiger partial charge in [0.05, 0.1) is 0 Å². The number of carbonyl (C=O) groups is 1. The minimum Gasteiger partial charge on any atom is -0.491 e. The van der Waals surface area contributed by atoms with E-state index in [1.807, 2.05) is 65.6 Å². The zero-order valence-electron chi connectivity index (χ0n) is 14.2. The monoisotopic (exact) mass is 343 g/mol. The molecule has 0 bridgehead atoms. The van der Waals surface area contributed by atoms with Crippen molar-refractivity contribution in [2.24, 2.45) is 5.84 Å². The second-order valence-electron chi connectivity index (χ2n) is 5.82. The quantitative estimate of drug-likeness (QED) is 0.344. The van der Waals surface area contributed by atoms with Crippen molar-refractivity contribution in [1.29, 1.82) is 0 Å². The van der Waals surface area contributed by atoms with E-state index in [2.05, 4.69) is 5.43 Å². The zero-order chi connectivity index (χ0) is 17.9. The van der Waals surface area contributed by atoms with Gasteiger partial charge < -0.3 is 9.84 Å². The molecule has 0 saturated carbocycles. The van der Waals surface area contributed by atoms with Crippen molar-refractivity contribution in [3.05, 3.63) is 66.2 Å². The Morgan fingerprint density at radius 2 is 1.76 bits per heavy atom. The summed E-state index contributed by atoms with van der Waals surface area (Å²) in [5.74, 6) is 5.63. The molecular formula is C19H25N3O3. The van der Waals surface area contributed by atoms with E-state index in [4.69, 9.17) is 10.6 Å². The molecule has 6 nitrogen and oxygen atoms in total. The number of aliphatic hydroxyl groups excluding tert-OH is 1. The van der Waals surface area contributed by atoms with E-state index >= 15 is 0 Å². The number of nitrogens with two attached hydrogens (primary N) is 1. The molecule has 25 heavy (non-hydrogen) atoms. The molecule has 2 rings (SSSR count). The first kappa shape index (κ1) is 18.9. The van der Waals surface area contributed by atoms with Crippen LogP contribution in [0, 0.1) is 0 Å². The minimum atomic E-state index is -0.662. The molecular weight excluding hydrogens is 318 g/mol. The number of hydrogen-bond acceptors (Lipinski definition) is 5. The summed E-state index contributed by atoms with van der Waals surface area (Å²) in [4.78, 5) is 13.4. The highest BCUT2D eigenvalue weighted by atomic mass is 16.5. The van der Waals surface area contributed by atoms with Crippen molar-refractivity contribution >= 4 is 5.91 Å². The summed E-state index contributed by atoms with van der Waals surface area (Å²) in [6, 6.07) is 19.3. The maximum Gasteiger partial charge on any atom is 0.235 e. The second kappa shape index (κ2) is 10.5. The van der Waals surface area contributed by atoms with Crippen LogP contribution in [0.15, 0.2) is 60.7 Å². The van der Waals surface area contributed by atoms with Crippen LogP contribution in [-0.2, 0) is 11.3 Å². The summed E-state index contributed by atoms with van der Waals surface area (Å²) in [7, 11) is 0. The number of rotatable bonds is 10. The third kappa shape index (κ3) is 7.34. The largest absolute Gasteiger partial charge is 0.491 e. The molecule has 0 fully saturated rings. The fourth-order valence-corrected chi connectivity index (χ4v) is 2.47. The highest BCUT2D eigenvalue weighted by molar-refractivity contribution is 5.75. The van der Waals surface area contributed by atoms with Gasteiger partial charge in [-0.1, -0.05) is 48.5 Å². The molecule has 2 aromatic rings. The van der Waals surface area contributed by atoms with Crippen molar-refractivity contribution in [3.63, 3.8) is 0 Å². The van der Waals surface area contributed by atoms with Gasteiger partial charge in [-0.05, 0) is 17.7 Å². The Labute approximate surface area is 148 Å². The van der Waals surface area contributed by atoms with Gasteiger partial charge in [0.2, 0.25) is 5.91 Å². The van der Waals surface area contributed by atoms with Crippen LogP contribution in [-0.4, -0.2) is 41.7 Å². The highest BCUT2D eigenvalue weighted by Crippen LogP contribution is 2.10. The summed E-state index contributed by atoms with van der Waals surface area (Å²) >= 11 is 0. The van der Waals surface area contributed by atoms with E-state index in [1.165, 1.54) is 0 Å². The topological polar surface area (TPSA) is 87.8 Å². The summed E-state index contributed by atoms with van der Waals surface area (Å²) < 4.78 is 5.59. The van der Waals surface area contributed by atoms with Crippen LogP contribution in [0.4, 0.5) is 0 Å². The molecule has 0 heterocycles. The summed E-state index contributed by atoms with van der Waals surface area (Å²) in [6.07, 6.45) is -0.389. The number of aliphatic hydroxyl groups is 1. The molecule has 0 aromatic heterocycles. The molecule has 0 aliphatic rings. The van der Waals surface area contributed by atoms with Gasteiger partial charge in [-0.2, -0.15) is 0 Å². The van der Waals surface area contributed by atoms with Crippen molar-refractivity contribution in [1.82, 2.24) is 10.3 Å². The Morgan fingerprint density at radius 1 is 1.12 bits per heavy atom. The minimum absolute atomic E-state index is 0.193. The Morgan fingerprint density at radius 3 is 2.40 bits per heavy atom. The van der Waals surface area contributed by atoms with Gasteiger partial charge in [-0.25, -0.2) is 5.84 Å². The van der Waals surface area contributed by atoms with Crippen LogP contribution in [0.2, 0.25) is 0 Å². The summed E-state index contributed by atoms with van der Waals surface area (Å²) in [5, 5.41) is 10.3. The summed E-state index contributed by atoms with van der Waals surface area (Å²) in [6.45, 7) is 1.74. The second-order valence-corrected chi connectivity index (χ2v) is 5.82. The van der Waals surface area contributed by atoms with Crippen LogP contribution < -0.4 is 16.0 Å². The maximum atomic E-state index is 11.4. The van der Waals surface area contributed by atoms with Crippen molar-refractivity contribution < 1.29 is 14.6 Å². The smallest absolute Gasteiger partial charge is 0.235 e. The first-order valence-electron chi connectivity index (χ1n) is 8.29. The summed E-state index contributed by atoms with van der Waals surface area (Å²) in [5.41, 5.74) is 3.25. The molecule has 0 radical (unpaired) electrons. The molecule has 0 saturated heterocycles.